The van der Waals surface area contributed by atoms with E-state index in [0.717, 1.165) is 11.1 Å². The smallest absolute Gasteiger partial charge is 0.328 e. The number of rotatable bonds is 7. The van der Waals surface area contributed by atoms with Gasteiger partial charge in [0.05, 0.1) is 12.0 Å². The number of Topliss-reactive ketones (excluding diaryl/α,β-unsaturated/α-hetero) is 1. The molecule has 1 fully saturated rings. The van der Waals surface area contributed by atoms with Crippen LogP contribution in [0.25, 0.3) is 0 Å². The average Bonchev–Trinajstić information content (AvgIpc) is 3.25. The molecule has 2 aromatic rings. The molecule has 0 saturated heterocycles. The highest BCUT2D eigenvalue weighted by Gasteiger charge is 2.54. The largest absolute Gasteiger partial charge is 0.497 e. The molecule has 0 N–H and O–H groups in total. The molecule has 0 amide bonds. The van der Waals surface area contributed by atoms with Crippen LogP contribution in [0.3, 0.4) is 0 Å². The second-order valence-electron chi connectivity index (χ2n) is 7.68. The Hall–Kier alpha value is -2.67. The van der Waals surface area contributed by atoms with E-state index in [1.165, 1.54) is 13.2 Å². The second-order valence-corrected chi connectivity index (χ2v) is 9.94. The summed E-state index contributed by atoms with van der Waals surface area (Å²) in [6.07, 6.45) is 1.62. The number of sulfone groups is 1. The predicted molar refractivity (Wildman–Crippen MR) is 113 cm³/mol. The first-order chi connectivity index (χ1) is 14.2. The van der Waals surface area contributed by atoms with Crippen molar-refractivity contribution in [3.8, 4) is 5.75 Å². The maximum atomic E-state index is 13.4. The van der Waals surface area contributed by atoms with Crippen LogP contribution < -0.4 is 4.74 Å². The standard InChI is InChI=1S/C23H26O6S/c1-16-6-11-20(14-17(16)2)30(26,27)23(12-4-5-13-23)22(25)29-15-21(24)18-7-9-19(28-3)10-8-18/h6-11,14H,4-5,12-13,15H2,1-3H3. The number of aryl methyl sites for hydroxylation is 2. The van der Waals surface area contributed by atoms with Crippen LogP contribution >= 0.6 is 0 Å². The van der Waals surface area contributed by atoms with Gasteiger partial charge in [0.1, 0.15) is 5.75 Å². The van der Waals surface area contributed by atoms with E-state index in [9.17, 15) is 18.0 Å². The summed E-state index contributed by atoms with van der Waals surface area (Å²) in [4.78, 5) is 25.5. The maximum Gasteiger partial charge on any atom is 0.328 e. The molecule has 160 valence electrons. The van der Waals surface area contributed by atoms with Gasteiger partial charge >= 0.3 is 5.97 Å². The molecule has 1 aliphatic carbocycles. The zero-order chi connectivity index (χ0) is 21.9. The van der Waals surface area contributed by atoms with Crippen LogP contribution in [-0.2, 0) is 19.4 Å². The number of hydrogen-bond acceptors (Lipinski definition) is 6. The summed E-state index contributed by atoms with van der Waals surface area (Å²) in [6.45, 7) is 3.23. The zero-order valence-corrected chi connectivity index (χ0v) is 18.3. The average molecular weight is 431 g/mol. The Bertz CT molecular complexity index is 1050. The minimum atomic E-state index is -3.96. The Labute approximate surface area is 177 Å². The zero-order valence-electron chi connectivity index (χ0n) is 17.4. The Balaban J connectivity index is 1.81. The van der Waals surface area contributed by atoms with Crippen molar-refractivity contribution in [2.75, 3.05) is 13.7 Å². The van der Waals surface area contributed by atoms with Gasteiger partial charge in [0, 0.05) is 5.56 Å². The third kappa shape index (κ3) is 3.99. The van der Waals surface area contributed by atoms with Crippen molar-refractivity contribution in [3.05, 3.63) is 59.2 Å². The number of methoxy groups -OCH3 is 1. The van der Waals surface area contributed by atoms with E-state index in [1.54, 1.807) is 36.4 Å². The van der Waals surface area contributed by atoms with Crippen molar-refractivity contribution in [1.29, 1.82) is 0 Å². The van der Waals surface area contributed by atoms with Crippen molar-refractivity contribution in [1.82, 2.24) is 0 Å². The lowest BCUT2D eigenvalue weighted by molar-refractivity contribution is -0.145. The molecular formula is C23H26O6S. The summed E-state index contributed by atoms with van der Waals surface area (Å²) < 4.78 is 35.6. The third-order valence-corrected chi connectivity index (χ3v) is 8.31. The molecule has 0 bridgehead atoms. The van der Waals surface area contributed by atoms with Gasteiger partial charge in [-0.1, -0.05) is 18.9 Å². The van der Waals surface area contributed by atoms with Gasteiger partial charge in [-0.3, -0.25) is 9.59 Å². The van der Waals surface area contributed by atoms with Crippen molar-refractivity contribution in [3.63, 3.8) is 0 Å². The fourth-order valence-electron chi connectivity index (χ4n) is 3.76. The first kappa shape index (κ1) is 22.0. The summed E-state index contributed by atoms with van der Waals surface area (Å²) in [5.41, 5.74) is 2.18. The van der Waals surface area contributed by atoms with Crippen LogP contribution in [-0.4, -0.2) is 38.6 Å². The Kier molecular flexibility index (Phi) is 6.31. The second kappa shape index (κ2) is 8.60. The lowest BCUT2D eigenvalue weighted by Gasteiger charge is -2.26. The van der Waals surface area contributed by atoms with Crippen molar-refractivity contribution in [2.45, 2.75) is 49.2 Å². The molecule has 0 aromatic heterocycles. The summed E-state index contributed by atoms with van der Waals surface area (Å²) in [7, 11) is -2.44. The minimum absolute atomic E-state index is 0.117. The fourth-order valence-corrected chi connectivity index (χ4v) is 5.89. The van der Waals surface area contributed by atoms with E-state index in [2.05, 4.69) is 0 Å². The number of ketones is 1. The molecule has 0 aliphatic heterocycles. The number of esters is 1. The Morgan fingerprint density at radius 2 is 1.60 bits per heavy atom. The molecule has 7 heteroatoms. The highest BCUT2D eigenvalue weighted by molar-refractivity contribution is 7.93. The Morgan fingerprint density at radius 1 is 0.967 bits per heavy atom. The molecule has 0 spiro atoms. The maximum absolute atomic E-state index is 13.4. The van der Waals surface area contributed by atoms with Gasteiger partial charge in [-0.25, -0.2) is 8.42 Å². The SMILES string of the molecule is COc1ccc(C(=O)COC(=O)C2(S(=O)(=O)c3ccc(C)c(C)c3)CCCC2)cc1. The first-order valence-electron chi connectivity index (χ1n) is 9.88. The van der Waals surface area contributed by atoms with E-state index in [0.29, 0.717) is 24.2 Å². The quantitative estimate of drug-likeness (QED) is 0.490. The van der Waals surface area contributed by atoms with Gasteiger partial charge in [0.15, 0.2) is 27.0 Å². The van der Waals surface area contributed by atoms with Crippen LogP contribution in [0, 0.1) is 13.8 Å². The number of ether oxygens (including phenoxy) is 2. The van der Waals surface area contributed by atoms with Gasteiger partial charge in [-0.15, -0.1) is 0 Å². The van der Waals surface area contributed by atoms with Gasteiger partial charge in [0.25, 0.3) is 0 Å². The molecule has 30 heavy (non-hydrogen) atoms. The Morgan fingerprint density at radius 3 is 2.17 bits per heavy atom. The third-order valence-electron chi connectivity index (χ3n) is 5.83. The molecule has 3 rings (SSSR count). The molecule has 0 heterocycles. The van der Waals surface area contributed by atoms with Gasteiger partial charge in [-0.05, 0) is 74.2 Å². The highest BCUT2D eigenvalue weighted by Crippen LogP contribution is 2.42. The van der Waals surface area contributed by atoms with Gasteiger partial charge in [-0.2, -0.15) is 0 Å². The van der Waals surface area contributed by atoms with E-state index < -0.39 is 32.9 Å². The van der Waals surface area contributed by atoms with Crippen LogP contribution in [0.1, 0.15) is 47.2 Å². The van der Waals surface area contributed by atoms with Crippen molar-refractivity contribution >= 4 is 21.6 Å². The number of hydrogen-bond donors (Lipinski definition) is 0. The summed E-state index contributed by atoms with van der Waals surface area (Å²) in [5.74, 6) is -0.643. The first-order valence-corrected chi connectivity index (χ1v) is 11.4. The molecule has 0 atom stereocenters. The molecule has 1 aliphatic rings. The lowest BCUT2D eigenvalue weighted by atomic mass is 10.1. The molecule has 6 nitrogen and oxygen atoms in total. The monoisotopic (exact) mass is 430 g/mol. The fraction of sp³-hybridized carbons (Fsp3) is 0.391. The summed E-state index contributed by atoms with van der Waals surface area (Å²) >= 11 is 0. The number of benzene rings is 2. The van der Waals surface area contributed by atoms with Crippen LogP contribution in [0.15, 0.2) is 47.4 Å². The lowest BCUT2D eigenvalue weighted by Crippen LogP contribution is -2.45. The number of carbonyl (C=O) groups excluding carboxylic acids is 2. The van der Waals surface area contributed by atoms with Crippen LogP contribution in [0.2, 0.25) is 0 Å². The highest BCUT2D eigenvalue weighted by atomic mass is 32.2. The topological polar surface area (TPSA) is 86.7 Å². The molecule has 1 saturated carbocycles. The van der Waals surface area contributed by atoms with Gasteiger partial charge in [0.2, 0.25) is 0 Å². The van der Waals surface area contributed by atoms with E-state index in [1.807, 2.05) is 13.8 Å². The number of carbonyl (C=O) groups is 2. The molecule has 0 radical (unpaired) electrons. The molecule has 2 aromatic carbocycles. The summed E-state index contributed by atoms with van der Waals surface area (Å²) in [6, 6.07) is 11.3. The van der Waals surface area contributed by atoms with E-state index >= 15 is 0 Å². The predicted octanol–water partition coefficient (Wildman–Crippen LogP) is 3.82. The van der Waals surface area contributed by atoms with E-state index in [-0.39, 0.29) is 17.7 Å². The normalized spacial score (nSPS) is 15.6. The van der Waals surface area contributed by atoms with Crippen LogP contribution in [0.5, 0.6) is 5.75 Å². The van der Waals surface area contributed by atoms with Crippen molar-refractivity contribution < 1.29 is 27.5 Å². The van der Waals surface area contributed by atoms with Gasteiger partial charge < -0.3 is 9.47 Å². The van der Waals surface area contributed by atoms with E-state index in [4.69, 9.17) is 9.47 Å². The minimum Gasteiger partial charge on any atom is -0.497 e. The van der Waals surface area contributed by atoms with Crippen molar-refractivity contribution in [2.24, 2.45) is 0 Å². The summed E-state index contributed by atoms with van der Waals surface area (Å²) in [5, 5.41) is 0. The molecular weight excluding hydrogens is 404 g/mol. The molecule has 0 unspecified atom stereocenters. The van der Waals surface area contributed by atoms with Crippen LogP contribution in [0.4, 0.5) is 0 Å².